The molecule has 0 radical (unpaired) electrons. The Morgan fingerprint density at radius 2 is 2.25 bits per heavy atom. The average Bonchev–Trinajstić information content (AvgIpc) is 3.11. The lowest BCUT2D eigenvalue weighted by molar-refractivity contribution is -0.00412. The van der Waals surface area contributed by atoms with Gasteiger partial charge in [0.15, 0.2) is 0 Å². The molecule has 0 saturated carbocycles. The summed E-state index contributed by atoms with van der Waals surface area (Å²) in [5.41, 5.74) is 2.83. The molecule has 2 aliphatic rings. The van der Waals surface area contributed by atoms with Crippen molar-refractivity contribution in [3.8, 4) is 6.07 Å². The van der Waals surface area contributed by atoms with Crippen LogP contribution in [-0.4, -0.2) is 60.9 Å². The number of hydrogen-bond donors (Lipinski definition) is 1. The van der Waals surface area contributed by atoms with Crippen molar-refractivity contribution in [2.24, 2.45) is 5.10 Å². The molecule has 0 unspecified atom stereocenters. The molecule has 2 aliphatic heterocycles. The molecule has 0 spiro atoms. The van der Waals surface area contributed by atoms with Gasteiger partial charge >= 0.3 is 0 Å². The summed E-state index contributed by atoms with van der Waals surface area (Å²) in [6.45, 7) is 3.45. The molecule has 1 saturated heterocycles. The van der Waals surface area contributed by atoms with Gasteiger partial charge in [0.2, 0.25) is 0 Å². The van der Waals surface area contributed by atoms with Gasteiger partial charge in [-0.25, -0.2) is 0 Å². The Hall–Kier alpha value is -1.65. The van der Waals surface area contributed by atoms with Crippen LogP contribution in [0.4, 0.5) is 0 Å². The van der Waals surface area contributed by atoms with Crippen molar-refractivity contribution < 1.29 is 14.6 Å². The fourth-order valence-corrected chi connectivity index (χ4v) is 3.51. The quantitative estimate of drug-likeness (QED) is 0.819. The number of nitriles is 1. The Morgan fingerprint density at radius 3 is 2.96 bits per heavy atom. The second-order valence-electron chi connectivity index (χ2n) is 5.99. The van der Waals surface area contributed by atoms with Crippen LogP contribution in [0.25, 0.3) is 0 Å². The third-order valence-electron chi connectivity index (χ3n) is 4.58. The van der Waals surface area contributed by atoms with E-state index in [0.29, 0.717) is 36.8 Å². The summed E-state index contributed by atoms with van der Waals surface area (Å²) in [4.78, 5) is 0. The van der Waals surface area contributed by atoms with Gasteiger partial charge in [0.05, 0.1) is 35.6 Å². The van der Waals surface area contributed by atoms with E-state index in [0.717, 1.165) is 16.8 Å². The molecule has 128 valence electrons. The third-order valence-corrected chi connectivity index (χ3v) is 5.06. The van der Waals surface area contributed by atoms with Crippen LogP contribution in [0.15, 0.2) is 17.2 Å². The third kappa shape index (κ3) is 2.89. The van der Waals surface area contributed by atoms with E-state index in [1.54, 1.807) is 13.2 Å². The van der Waals surface area contributed by atoms with E-state index in [2.05, 4.69) is 11.2 Å². The van der Waals surface area contributed by atoms with Crippen LogP contribution in [0.1, 0.15) is 23.1 Å². The molecule has 0 bridgehead atoms. The van der Waals surface area contributed by atoms with Crippen molar-refractivity contribution in [1.29, 1.82) is 5.26 Å². The Kier molecular flexibility index (Phi) is 5.07. The number of hydrogen-bond acceptors (Lipinski definition) is 6. The molecule has 3 rings (SSSR count). The highest BCUT2D eigenvalue weighted by molar-refractivity contribution is 6.33. The van der Waals surface area contributed by atoms with Gasteiger partial charge in [0.1, 0.15) is 18.2 Å². The maximum Gasteiger partial charge on any atom is 0.126 e. The second-order valence-corrected chi connectivity index (χ2v) is 6.37. The van der Waals surface area contributed by atoms with Gasteiger partial charge < -0.3 is 14.6 Å². The van der Waals surface area contributed by atoms with Crippen molar-refractivity contribution in [3.05, 3.63) is 33.8 Å². The topological polar surface area (TPSA) is 78.1 Å². The molecular weight excluding hydrogens is 330 g/mol. The standard InChI is InChI=1S/C17H20ClN3O3/c1-10-12(4-3-11(9-19)14(10)18)15-17(24-8-7-23-2)16-13(22)5-6-21(16)20-15/h3-4,13,16-17,22H,5-8H2,1-2H3/t13-,16-,17+/m0/s1. The van der Waals surface area contributed by atoms with Gasteiger partial charge in [-0.05, 0) is 25.0 Å². The van der Waals surface area contributed by atoms with Crippen molar-refractivity contribution in [1.82, 2.24) is 5.01 Å². The van der Waals surface area contributed by atoms with E-state index >= 15 is 0 Å². The molecule has 6 nitrogen and oxygen atoms in total. The van der Waals surface area contributed by atoms with Crippen molar-refractivity contribution in [2.45, 2.75) is 31.6 Å². The molecule has 1 aromatic carbocycles. The summed E-state index contributed by atoms with van der Waals surface area (Å²) in [6.07, 6.45) is -0.146. The fraction of sp³-hybridized carbons (Fsp3) is 0.529. The number of aliphatic hydroxyl groups excluding tert-OH is 1. The lowest BCUT2D eigenvalue weighted by Crippen LogP contribution is -2.42. The fourth-order valence-electron chi connectivity index (χ4n) is 3.31. The monoisotopic (exact) mass is 349 g/mol. The largest absolute Gasteiger partial charge is 0.391 e. The van der Waals surface area contributed by atoms with Crippen molar-refractivity contribution in [2.75, 3.05) is 26.9 Å². The van der Waals surface area contributed by atoms with E-state index in [4.69, 9.17) is 26.3 Å². The molecule has 7 heteroatoms. The summed E-state index contributed by atoms with van der Waals surface area (Å²) in [7, 11) is 1.62. The Balaban J connectivity index is 1.96. The summed E-state index contributed by atoms with van der Waals surface area (Å²) in [6, 6.07) is 5.44. The van der Waals surface area contributed by atoms with Gasteiger partial charge in [-0.15, -0.1) is 0 Å². The first-order valence-corrected chi connectivity index (χ1v) is 8.29. The first-order valence-electron chi connectivity index (χ1n) is 7.91. The van der Waals surface area contributed by atoms with Gasteiger partial charge in [-0.1, -0.05) is 17.7 Å². The van der Waals surface area contributed by atoms with E-state index in [1.807, 2.05) is 18.0 Å². The number of hydrazone groups is 1. The van der Waals surface area contributed by atoms with Crippen molar-refractivity contribution >= 4 is 17.3 Å². The van der Waals surface area contributed by atoms with Crippen LogP contribution in [0.2, 0.25) is 5.02 Å². The lowest BCUT2D eigenvalue weighted by Gasteiger charge is -2.24. The summed E-state index contributed by atoms with van der Waals surface area (Å²) in [5, 5.41) is 26.4. The number of methoxy groups -OCH3 is 1. The maximum absolute atomic E-state index is 10.3. The highest BCUT2D eigenvalue weighted by Crippen LogP contribution is 2.34. The molecule has 24 heavy (non-hydrogen) atoms. The van der Waals surface area contributed by atoms with Crippen LogP contribution in [-0.2, 0) is 9.47 Å². The lowest BCUT2D eigenvalue weighted by atomic mass is 9.94. The predicted molar refractivity (Wildman–Crippen MR) is 90.2 cm³/mol. The van der Waals surface area contributed by atoms with Gasteiger partial charge in [-0.3, -0.25) is 5.01 Å². The smallest absolute Gasteiger partial charge is 0.126 e. The Bertz CT molecular complexity index is 701. The minimum Gasteiger partial charge on any atom is -0.391 e. The predicted octanol–water partition coefficient (Wildman–Crippen LogP) is 1.70. The van der Waals surface area contributed by atoms with Crippen molar-refractivity contribution in [3.63, 3.8) is 0 Å². The van der Waals surface area contributed by atoms with Crippen LogP contribution < -0.4 is 0 Å². The number of nitrogens with zero attached hydrogens (tertiary/aromatic N) is 3. The van der Waals surface area contributed by atoms with Crippen LogP contribution in [0.5, 0.6) is 0 Å². The number of benzene rings is 1. The molecule has 0 amide bonds. The molecule has 1 aromatic rings. The highest BCUT2D eigenvalue weighted by atomic mass is 35.5. The Labute approximate surface area is 146 Å². The molecule has 0 aliphatic carbocycles. The van der Waals surface area contributed by atoms with E-state index < -0.39 is 6.10 Å². The molecule has 1 N–H and O–H groups in total. The van der Waals surface area contributed by atoms with E-state index in [1.165, 1.54) is 0 Å². The summed E-state index contributed by atoms with van der Waals surface area (Å²) >= 11 is 6.30. The zero-order valence-corrected chi connectivity index (χ0v) is 14.5. The zero-order chi connectivity index (χ0) is 17.3. The van der Waals surface area contributed by atoms with E-state index in [-0.39, 0.29) is 12.1 Å². The first kappa shape index (κ1) is 17.2. The van der Waals surface area contributed by atoms with Crippen LogP contribution in [0.3, 0.4) is 0 Å². The molecular formula is C17H20ClN3O3. The highest BCUT2D eigenvalue weighted by Gasteiger charge is 2.46. The molecule has 2 heterocycles. The maximum atomic E-state index is 10.3. The second kappa shape index (κ2) is 7.08. The average molecular weight is 350 g/mol. The molecule has 0 aromatic heterocycles. The van der Waals surface area contributed by atoms with E-state index in [9.17, 15) is 5.11 Å². The van der Waals surface area contributed by atoms with Crippen LogP contribution in [0, 0.1) is 18.3 Å². The first-order chi connectivity index (χ1) is 11.6. The molecule has 1 fully saturated rings. The normalized spacial score (nSPS) is 25.5. The number of fused-ring (bicyclic) bond motifs is 1. The minimum atomic E-state index is -0.479. The zero-order valence-electron chi connectivity index (χ0n) is 13.7. The van der Waals surface area contributed by atoms with Gasteiger partial charge in [0, 0.05) is 19.2 Å². The molecule has 3 atom stereocenters. The van der Waals surface area contributed by atoms with Gasteiger partial charge in [0.25, 0.3) is 0 Å². The number of rotatable bonds is 5. The summed E-state index contributed by atoms with van der Waals surface area (Å²) < 4.78 is 11.0. The number of halogens is 1. The summed E-state index contributed by atoms with van der Waals surface area (Å²) in [5.74, 6) is 0. The number of aliphatic hydroxyl groups is 1. The number of ether oxygens (including phenoxy) is 2. The Morgan fingerprint density at radius 1 is 1.46 bits per heavy atom. The minimum absolute atomic E-state index is 0.189. The SMILES string of the molecule is COCCO[C@@H]1C(c2ccc(C#N)c(Cl)c2C)=NN2CC[C@H](O)[C@@H]12. The van der Waals surface area contributed by atoms with Crippen LogP contribution >= 0.6 is 11.6 Å². The van der Waals surface area contributed by atoms with Gasteiger partial charge in [-0.2, -0.15) is 10.4 Å².